The number of carboxylic acids is 1. The van der Waals surface area contributed by atoms with Crippen molar-refractivity contribution in [3.05, 3.63) is 34.7 Å². The lowest BCUT2D eigenvalue weighted by Crippen LogP contribution is -2.48. The van der Waals surface area contributed by atoms with Gasteiger partial charge in [0.15, 0.2) is 0 Å². The van der Waals surface area contributed by atoms with Crippen molar-refractivity contribution in [1.29, 1.82) is 0 Å². The van der Waals surface area contributed by atoms with E-state index in [4.69, 9.17) is 0 Å². The number of aromatic nitrogens is 4. The quantitative estimate of drug-likeness (QED) is 0.859. The molecule has 0 bridgehead atoms. The Balaban J connectivity index is 1.75. The summed E-state index contributed by atoms with van der Waals surface area (Å²) in [4.78, 5) is 32.7. The Morgan fingerprint density at radius 3 is 2.79 bits per heavy atom. The fourth-order valence-electron chi connectivity index (χ4n) is 3.27. The van der Waals surface area contributed by atoms with Gasteiger partial charge >= 0.3 is 5.97 Å². The molecule has 24 heavy (non-hydrogen) atoms. The number of aliphatic carboxylic acids is 1. The van der Waals surface area contributed by atoms with Gasteiger partial charge in [0.2, 0.25) is 5.91 Å². The number of imidazole rings is 1. The summed E-state index contributed by atoms with van der Waals surface area (Å²) in [7, 11) is 1.87. The number of aryl methyl sites for hydroxylation is 2. The van der Waals surface area contributed by atoms with Gasteiger partial charge in [-0.3, -0.25) is 9.48 Å². The standard InChI is InChI=1S/C16H21N5O3/c1-9-11(10(2)20(3)19-9)4-5-15(22)21-7-13-12(17-8-18-13)6-14(21)16(23)24/h8,14H,4-7H2,1-3H3,(H,17,18)(H,23,24)/t14-/m0/s1. The SMILES string of the molecule is Cc1nn(C)c(C)c1CCC(=O)N1Cc2[nH]cnc2C[C@H]1C(=O)O. The first-order valence-corrected chi connectivity index (χ1v) is 7.91. The fraction of sp³-hybridized carbons (Fsp3) is 0.500. The average molecular weight is 331 g/mol. The molecule has 1 aliphatic rings. The molecule has 3 heterocycles. The Kier molecular flexibility index (Phi) is 4.13. The fourth-order valence-corrected chi connectivity index (χ4v) is 3.27. The van der Waals surface area contributed by atoms with Crippen molar-refractivity contribution in [3.63, 3.8) is 0 Å². The van der Waals surface area contributed by atoms with Crippen LogP contribution in [-0.2, 0) is 36.0 Å². The topological polar surface area (TPSA) is 104 Å². The van der Waals surface area contributed by atoms with E-state index in [1.54, 1.807) is 11.0 Å². The van der Waals surface area contributed by atoms with E-state index in [0.717, 1.165) is 28.3 Å². The Morgan fingerprint density at radius 2 is 2.17 bits per heavy atom. The monoisotopic (exact) mass is 331 g/mol. The van der Waals surface area contributed by atoms with Gasteiger partial charge in [-0.2, -0.15) is 5.10 Å². The van der Waals surface area contributed by atoms with Gasteiger partial charge in [0.05, 0.1) is 30.0 Å². The molecule has 1 aliphatic heterocycles. The molecule has 128 valence electrons. The first-order valence-electron chi connectivity index (χ1n) is 7.91. The predicted molar refractivity (Wildman–Crippen MR) is 85.3 cm³/mol. The third kappa shape index (κ3) is 2.79. The van der Waals surface area contributed by atoms with E-state index in [9.17, 15) is 14.7 Å². The largest absolute Gasteiger partial charge is 0.480 e. The Morgan fingerprint density at radius 1 is 1.42 bits per heavy atom. The lowest BCUT2D eigenvalue weighted by atomic mass is 10.0. The van der Waals surface area contributed by atoms with Crippen LogP contribution in [0.2, 0.25) is 0 Å². The number of H-pyrrole nitrogens is 1. The summed E-state index contributed by atoms with van der Waals surface area (Å²) < 4.78 is 1.80. The van der Waals surface area contributed by atoms with E-state index in [1.807, 2.05) is 20.9 Å². The molecule has 0 aliphatic carbocycles. The highest BCUT2D eigenvalue weighted by Crippen LogP contribution is 2.23. The summed E-state index contributed by atoms with van der Waals surface area (Å²) in [6.45, 7) is 4.15. The molecular formula is C16H21N5O3. The maximum Gasteiger partial charge on any atom is 0.326 e. The molecular weight excluding hydrogens is 310 g/mol. The van der Waals surface area contributed by atoms with Crippen molar-refractivity contribution in [3.8, 4) is 0 Å². The number of hydrogen-bond acceptors (Lipinski definition) is 4. The van der Waals surface area contributed by atoms with E-state index in [2.05, 4.69) is 15.1 Å². The number of fused-ring (bicyclic) bond motifs is 1. The Labute approximate surface area is 139 Å². The molecule has 1 amide bonds. The van der Waals surface area contributed by atoms with E-state index in [0.29, 0.717) is 6.42 Å². The molecule has 0 spiro atoms. The lowest BCUT2D eigenvalue weighted by Gasteiger charge is -2.32. The summed E-state index contributed by atoms with van der Waals surface area (Å²) in [5.41, 5.74) is 4.54. The van der Waals surface area contributed by atoms with Crippen LogP contribution in [0.25, 0.3) is 0 Å². The second-order valence-corrected chi connectivity index (χ2v) is 6.18. The minimum Gasteiger partial charge on any atom is -0.480 e. The van der Waals surface area contributed by atoms with Crippen LogP contribution in [0.4, 0.5) is 0 Å². The predicted octanol–water partition coefficient (Wildman–Crippen LogP) is 0.731. The highest BCUT2D eigenvalue weighted by molar-refractivity contribution is 5.84. The maximum atomic E-state index is 12.6. The van der Waals surface area contributed by atoms with Gasteiger partial charge in [0.25, 0.3) is 0 Å². The average Bonchev–Trinajstić information content (AvgIpc) is 3.09. The number of carbonyl (C=O) groups excluding carboxylic acids is 1. The zero-order chi connectivity index (χ0) is 17.4. The van der Waals surface area contributed by atoms with Gasteiger partial charge in [0.1, 0.15) is 6.04 Å². The van der Waals surface area contributed by atoms with Crippen LogP contribution in [0.15, 0.2) is 6.33 Å². The number of carbonyl (C=O) groups is 2. The van der Waals surface area contributed by atoms with Crippen molar-refractivity contribution in [2.75, 3.05) is 0 Å². The van der Waals surface area contributed by atoms with Crippen molar-refractivity contribution < 1.29 is 14.7 Å². The maximum absolute atomic E-state index is 12.6. The number of nitrogens with one attached hydrogen (secondary N) is 1. The van der Waals surface area contributed by atoms with E-state index in [-0.39, 0.29) is 25.3 Å². The van der Waals surface area contributed by atoms with Crippen LogP contribution < -0.4 is 0 Å². The molecule has 0 radical (unpaired) electrons. The number of aromatic amines is 1. The van der Waals surface area contributed by atoms with Crippen molar-refractivity contribution in [2.24, 2.45) is 7.05 Å². The third-order valence-electron chi connectivity index (χ3n) is 4.75. The molecule has 1 atom stereocenters. The molecule has 0 saturated carbocycles. The van der Waals surface area contributed by atoms with Crippen LogP contribution in [-0.4, -0.2) is 47.7 Å². The molecule has 0 unspecified atom stereocenters. The van der Waals surface area contributed by atoms with Crippen LogP contribution in [0, 0.1) is 13.8 Å². The molecule has 8 nitrogen and oxygen atoms in total. The normalized spacial score (nSPS) is 17.0. The van der Waals surface area contributed by atoms with Gasteiger partial charge in [-0.1, -0.05) is 0 Å². The van der Waals surface area contributed by atoms with Crippen molar-refractivity contribution in [2.45, 2.75) is 45.7 Å². The van der Waals surface area contributed by atoms with Crippen LogP contribution >= 0.6 is 0 Å². The lowest BCUT2D eigenvalue weighted by molar-refractivity contribution is -0.151. The Hall–Kier alpha value is -2.64. The minimum absolute atomic E-state index is 0.162. The third-order valence-corrected chi connectivity index (χ3v) is 4.75. The summed E-state index contributed by atoms with van der Waals surface area (Å²) in [6.07, 6.45) is 2.61. The van der Waals surface area contributed by atoms with Gasteiger partial charge in [-0.15, -0.1) is 0 Å². The first kappa shape index (κ1) is 16.2. The van der Waals surface area contributed by atoms with Gasteiger partial charge in [-0.05, 0) is 25.8 Å². The van der Waals surface area contributed by atoms with Crippen LogP contribution in [0.3, 0.4) is 0 Å². The molecule has 0 saturated heterocycles. The van der Waals surface area contributed by atoms with Crippen LogP contribution in [0.5, 0.6) is 0 Å². The number of amides is 1. The smallest absolute Gasteiger partial charge is 0.326 e. The molecule has 2 aromatic rings. The van der Waals surface area contributed by atoms with Gasteiger partial charge in [-0.25, -0.2) is 9.78 Å². The minimum atomic E-state index is -0.995. The van der Waals surface area contributed by atoms with E-state index in [1.165, 1.54) is 4.90 Å². The molecule has 2 N–H and O–H groups in total. The number of hydrogen-bond donors (Lipinski definition) is 2. The number of rotatable bonds is 4. The van der Waals surface area contributed by atoms with Crippen LogP contribution in [0.1, 0.15) is 34.8 Å². The first-order chi connectivity index (χ1) is 11.4. The zero-order valence-corrected chi connectivity index (χ0v) is 14.0. The molecule has 0 aromatic carbocycles. The second kappa shape index (κ2) is 6.10. The summed E-state index contributed by atoms with van der Waals surface area (Å²) in [5, 5.41) is 13.8. The number of nitrogens with zero attached hydrogens (tertiary/aromatic N) is 4. The second-order valence-electron chi connectivity index (χ2n) is 6.18. The van der Waals surface area contributed by atoms with Crippen molar-refractivity contribution in [1.82, 2.24) is 24.6 Å². The highest BCUT2D eigenvalue weighted by Gasteiger charge is 2.35. The van der Waals surface area contributed by atoms with Gasteiger partial charge < -0.3 is 15.0 Å². The molecule has 8 heteroatoms. The van der Waals surface area contributed by atoms with E-state index < -0.39 is 12.0 Å². The van der Waals surface area contributed by atoms with Crippen molar-refractivity contribution >= 4 is 11.9 Å². The number of carboxylic acid groups (broad SMARTS) is 1. The van der Waals surface area contributed by atoms with Gasteiger partial charge in [0, 0.05) is 25.6 Å². The summed E-state index contributed by atoms with van der Waals surface area (Å²) >= 11 is 0. The highest BCUT2D eigenvalue weighted by atomic mass is 16.4. The van der Waals surface area contributed by atoms with E-state index >= 15 is 0 Å². The zero-order valence-electron chi connectivity index (χ0n) is 14.0. The molecule has 0 fully saturated rings. The summed E-state index contributed by atoms with van der Waals surface area (Å²) in [6, 6.07) is -0.857. The summed E-state index contributed by atoms with van der Waals surface area (Å²) in [5.74, 6) is -1.16. The molecule has 3 rings (SSSR count). The molecule has 2 aromatic heterocycles. The Bertz CT molecular complexity index is 792.